The van der Waals surface area contributed by atoms with Gasteiger partial charge in [0.2, 0.25) is 0 Å². The second kappa shape index (κ2) is 9.10. The first-order valence-electron chi connectivity index (χ1n) is 6.84. The number of fused-ring (bicyclic) bond motifs is 1. The molecule has 0 atom stereocenters. The fourth-order valence-corrected chi connectivity index (χ4v) is 2.79. The van der Waals surface area contributed by atoms with Crippen LogP contribution in [0.15, 0.2) is 42.5 Å². The summed E-state index contributed by atoms with van der Waals surface area (Å²) in [5.74, 6) is -0.0354. The van der Waals surface area contributed by atoms with Gasteiger partial charge in [-0.1, -0.05) is 41.9 Å². The molecule has 0 aromatic heterocycles. The van der Waals surface area contributed by atoms with E-state index in [0.29, 0.717) is 17.2 Å². The summed E-state index contributed by atoms with van der Waals surface area (Å²) in [6, 6.07) is 12.7. The third-order valence-electron chi connectivity index (χ3n) is 3.66. The summed E-state index contributed by atoms with van der Waals surface area (Å²) in [5.41, 5.74) is 3.20. The molecule has 23 heavy (non-hydrogen) atoms. The number of halogens is 1. The maximum atomic E-state index is 12.3. The van der Waals surface area contributed by atoms with Gasteiger partial charge in [-0.3, -0.25) is 4.79 Å². The Balaban J connectivity index is 0.00000132. The van der Waals surface area contributed by atoms with Crippen LogP contribution in [-0.4, -0.2) is 24.5 Å². The second-order valence-corrected chi connectivity index (χ2v) is 5.49. The van der Waals surface area contributed by atoms with E-state index in [1.807, 2.05) is 18.2 Å². The van der Waals surface area contributed by atoms with Crippen LogP contribution in [0.2, 0.25) is 5.02 Å². The summed E-state index contributed by atoms with van der Waals surface area (Å²) in [6.07, 6.45) is 1.04. The molecule has 0 fully saturated rings. The monoisotopic (exact) mass is 404 g/mol. The van der Waals surface area contributed by atoms with Gasteiger partial charge in [0.05, 0.1) is 5.02 Å². The Morgan fingerprint density at radius 3 is 2.74 bits per heavy atom. The largest absolute Gasteiger partial charge is 0.491 e. The molecule has 1 radical (unpaired) electrons. The van der Waals surface area contributed by atoms with E-state index in [1.54, 1.807) is 24.3 Å². The van der Waals surface area contributed by atoms with Crippen molar-refractivity contribution in [3.05, 3.63) is 71.6 Å². The number of Topliss-reactive ketones (excluding diaryl/α,β-unsaturated/α-hetero) is 1. The van der Waals surface area contributed by atoms with Gasteiger partial charge in [0.15, 0.2) is 5.78 Å². The summed E-state index contributed by atoms with van der Waals surface area (Å²) in [4.78, 5) is 12.3. The molecule has 0 aliphatic carbocycles. The Bertz CT molecular complexity index is 693. The number of benzene rings is 2. The van der Waals surface area contributed by atoms with Crippen LogP contribution in [0.5, 0.6) is 0 Å². The number of carbonyl (C=O) groups excluding carboxylic acids is 1. The number of hydrogen-bond donors (Lipinski definition) is 1. The third kappa shape index (κ3) is 4.74. The van der Waals surface area contributed by atoms with Crippen molar-refractivity contribution >= 4 is 30.0 Å². The number of rotatable bonds is 3. The fourth-order valence-electron chi connectivity index (χ4n) is 2.55. The Morgan fingerprint density at radius 2 is 2.00 bits per heavy atom. The topological polar surface area (TPSA) is 46.5 Å². The van der Waals surface area contributed by atoms with E-state index < -0.39 is 7.12 Å². The molecule has 0 spiro atoms. The van der Waals surface area contributed by atoms with Crippen LogP contribution in [-0.2, 0) is 50.2 Å². The molecule has 0 saturated heterocycles. The summed E-state index contributed by atoms with van der Waals surface area (Å²) in [7, 11) is -0.899. The fraction of sp³-hybridized carbons (Fsp3) is 0.176. The van der Waals surface area contributed by atoms with Crippen molar-refractivity contribution in [1.82, 2.24) is 0 Å². The van der Waals surface area contributed by atoms with Crippen LogP contribution in [0, 0.1) is 7.43 Å². The second-order valence-electron chi connectivity index (χ2n) is 5.09. The first-order chi connectivity index (χ1) is 10.1. The quantitative estimate of drug-likeness (QED) is 0.486. The summed E-state index contributed by atoms with van der Waals surface area (Å²) in [6.45, 7) is 0.520. The van der Waals surface area contributed by atoms with Crippen LogP contribution in [0.1, 0.15) is 21.5 Å². The Hall–Kier alpha value is -0.511. The number of ketones is 1. The summed E-state index contributed by atoms with van der Waals surface area (Å²) in [5, 5.41) is 10.3. The zero-order valence-electron chi connectivity index (χ0n) is 13.0. The van der Waals surface area contributed by atoms with Gasteiger partial charge in [-0.2, -0.15) is 0 Å². The van der Waals surface area contributed by atoms with Gasteiger partial charge < -0.3 is 17.1 Å². The zero-order valence-corrected chi connectivity index (χ0v) is 16.6. The average Bonchev–Trinajstić information content (AvgIpc) is 2.48. The van der Waals surface area contributed by atoms with Crippen LogP contribution >= 0.6 is 11.6 Å². The molecule has 3 nitrogen and oxygen atoms in total. The Labute approximate surface area is 167 Å². The first kappa shape index (κ1) is 20.5. The van der Waals surface area contributed by atoms with E-state index in [2.05, 4.69) is 0 Å². The third-order valence-corrected chi connectivity index (χ3v) is 3.99. The van der Waals surface area contributed by atoms with Crippen LogP contribution in [0.4, 0.5) is 0 Å². The van der Waals surface area contributed by atoms with Crippen molar-refractivity contribution in [1.29, 1.82) is 0 Å². The molecule has 117 valence electrons. The van der Waals surface area contributed by atoms with Crippen molar-refractivity contribution in [2.24, 2.45) is 0 Å². The minimum Gasteiger partial charge on any atom is -0.423 e. The van der Waals surface area contributed by atoms with Gasteiger partial charge in [0.25, 0.3) is 0 Å². The normalized spacial score (nSPS) is 12.7. The minimum atomic E-state index is -0.899. The maximum Gasteiger partial charge on any atom is 0.491 e. The number of carbonyl (C=O) groups is 1. The van der Waals surface area contributed by atoms with Crippen molar-refractivity contribution < 1.29 is 47.2 Å². The molecule has 1 aliphatic rings. The Morgan fingerprint density at radius 1 is 1.26 bits per heavy atom. The maximum absolute atomic E-state index is 12.3. The standard InChI is InChI=1S/C16H14BClO3.CH3.Y/c18-15-4-2-1-3-13(15)16(19)10-11-5-6-12-7-8-21-17(20)14(12)9-11;;/h1-6,9,20H,7-8,10H2;1H3;/q;-1;. The molecular weight excluding hydrogens is 387 g/mol. The first-order valence-corrected chi connectivity index (χ1v) is 7.22. The molecule has 6 heteroatoms. The summed E-state index contributed by atoms with van der Waals surface area (Å²) < 4.78 is 5.22. The van der Waals surface area contributed by atoms with E-state index in [4.69, 9.17) is 16.3 Å². The molecule has 1 N–H and O–H groups in total. The molecular formula is C17H17BClO3Y-. The molecule has 0 unspecified atom stereocenters. The Kier molecular flexibility index (Phi) is 8.12. The minimum absolute atomic E-state index is 0. The van der Waals surface area contributed by atoms with Crippen molar-refractivity contribution in [2.75, 3.05) is 6.61 Å². The van der Waals surface area contributed by atoms with E-state index in [1.165, 1.54) is 0 Å². The molecule has 2 aromatic rings. The van der Waals surface area contributed by atoms with Gasteiger partial charge in [0.1, 0.15) is 0 Å². The molecule has 0 saturated carbocycles. The van der Waals surface area contributed by atoms with Gasteiger partial charge >= 0.3 is 7.12 Å². The zero-order chi connectivity index (χ0) is 14.8. The smallest absolute Gasteiger partial charge is 0.423 e. The summed E-state index contributed by atoms with van der Waals surface area (Å²) >= 11 is 6.04. The predicted molar refractivity (Wildman–Crippen MR) is 89.6 cm³/mol. The molecule has 3 rings (SSSR count). The van der Waals surface area contributed by atoms with Gasteiger partial charge in [-0.05, 0) is 35.1 Å². The van der Waals surface area contributed by atoms with E-state index in [-0.39, 0.29) is 52.3 Å². The number of hydrogen-bond acceptors (Lipinski definition) is 3. The molecule has 0 bridgehead atoms. The van der Waals surface area contributed by atoms with E-state index >= 15 is 0 Å². The molecule has 2 aromatic carbocycles. The van der Waals surface area contributed by atoms with Crippen LogP contribution < -0.4 is 5.46 Å². The van der Waals surface area contributed by atoms with Crippen molar-refractivity contribution in [2.45, 2.75) is 12.8 Å². The SMILES string of the molecule is O=C(Cc1ccc2c(c1)B(O)OCC2)c1ccccc1Cl.[CH3-].[Y]. The van der Waals surface area contributed by atoms with Gasteiger partial charge in [0, 0.05) is 51.3 Å². The van der Waals surface area contributed by atoms with Crippen LogP contribution in [0.25, 0.3) is 0 Å². The van der Waals surface area contributed by atoms with Crippen LogP contribution in [0.3, 0.4) is 0 Å². The molecule has 1 aliphatic heterocycles. The van der Waals surface area contributed by atoms with E-state index in [0.717, 1.165) is 23.0 Å². The molecule has 1 heterocycles. The van der Waals surface area contributed by atoms with E-state index in [9.17, 15) is 9.82 Å². The van der Waals surface area contributed by atoms with Crippen molar-refractivity contribution in [3.63, 3.8) is 0 Å². The average molecular weight is 404 g/mol. The predicted octanol–water partition coefficient (Wildman–Crippen LogP) is 2.47. The van der Waals surface area contributed by atoms with Gasteiger partial charge in [-0.15, -0.1) is 0 Å². The van der Waals surface area contributed by atoms with Crippen molar-refractivity contribution in [3.8, 4) is 0 Å². The molecule has 0 amide bonds. The van der Waals surface area contributed by atoms with Gasteiger partial charge in [-0.25, -0.2) is 0 Å².